The van der Waals surface area contributed by atoms with Crippen molar-refractivity contribution in [2.24, 2.45) is 10.7 Å². The van der Waals surface area contributed by atoms with Gasteiger partial charge < -0.3 is 15.4 Å². The number of guanidine groups is 1. The Morgan fingerprint density at radius 3 is 3.00 bits per heavy atom. The average molecular weight is 263 g/mol. The van der Waals surface area contributed by atoms with Crippen LogP contribution in [-0.2, 0) is 4.74 Å². The summed E-state index contributed by atoms with van der Waals surface area (Å²) in [6, 6.07) is 6.50. The summed E-state index contributed by atoms with van der Waals surface area (Å²) >= 11 is 0. The number of hydrogen-bond donors (Lipinski definition) is 1. The second-order valence-corrected chi connectivity index (χ2v) is 5.20. The second-order valence-electron chi connectivity index (χ2n) is 5.20. The largest absolute Gasteiger partial charge is 0.378 e. The number of aliphatic imine (C=N–C) groups is 1. The summed E-state index contributed by atoms with van der Waals surface area (Å²) < 4.78 is 19.0. The number of ether oxygens (including phenoxy) is 1. The van der Waals surface area contributed by atoms with Crippen LogP contribution in [-0.4, -0.2) is 30.8 Å². The fourth-order valence-electron chi connectivity index (χ4n) is 3.09. The summed E-state index contributed by atoms with van der Waals surface area (Å²) in [7, 11) is 0. The van der Waals surface area contributed by atoms with E-state index in [4.69, 9.17) is 10.5 Å². The van der Waals surface area contributed by atoms with Crippen molar-refractivity contribution in [1.82, 2.24) is 0 Å². The molecule has 3 rings (SSSR count). The van der Waals surface area contributed by atoms with Gasteiger partial charge in [0.15, 0.2) is 5.96 Å². The molecule has 1 spiro atoms. The highest BCUT2D eigenvalue weighted by Crippen LogP contribution is 2.44. The number of halogens is 1. The van der Waals surface area contributed by atoms with Crippen LogP contribution in [0.5, 0.6) is 0 Å². The van der Waals surface area contributed by atoms with Gasteiger partial charge in [-0.2, -0.15) is 0 Å². The number of rotatable bonds is 3. The molecule has 1 aromatic rings. The topological polar surface area (TPSA) is 50.9 Å². The first-order valence-electron chi connectivity index (χ1n) is 6.62. The molecule has 0 atom stereocenters. The number of benzene rings is 1. The van der Waals surface area contributed by atoms with E-state index in [1.807, 2.05) is 17.9 Å². The van der Waals surface area contributed by atoms with E-state index in [0.29, 0.717) is 12.5 Å². The lowest BCUT2D eigenvalue weighted by Crippen LogP contribution is -2.62. The molecule has 0 unspecified atom stereocenters. The molecule has 1 saturated carbocycles. The average Bonchev–Trinajstić information content (AvgIpc) is 2.67. The molecule has 2 aliphatic rings. The highest BCUT2D eigenvalue weighted by molar-refractivity contribution is 5.98. The number of nitrogens with two attached hydrogens (primary N) is 1. The van der Waals surface area contributed by atoms with Gasteiger partial charge in [-0.1, -0.05) is 6.07 Å². The Balaban J connectivity index is 1.84. The van der Waals surface area contributed by atoms with Crippen molar-refractivity contribution in [3.8, 4) is 0 Å². The molecule has 0 radical (unpaired) electrons. The zero-order valence-corrected chi connectivity index (χ0v) is 11.0. The van der Waals surface area contributed by atoms with E-state index in [0.717, 1.165) is 25.1 Å². The van der Waals surface area contributed by atoms with Crippen LogP contribution < -0.4 is 10.6 Å². The molecule has 2 N–H and O–H groups in total. The van der Waals surface area contributed by atoms with E-state index >= 15 is 0 Å². The van der Waals surface area contributed by atoms with E-state index < -0.39 is 0 Å². The molecule has 5 heteroatoms. The zero-order chi connectivity index (χ0) is 13.5. The minimum absolute atomic E-state index is 0.113. The first kappa shape index (κ1) is 12.4. The van der Waals surface area contributed by atoms with Gasteiger partial charge >= 0.3 is 0 Å². The van der Waals surface area contributed by atoms with Gasteiger partial charge in [-0.25, -0.2) is 4.39 Å². The van der Waals surface area contributed by atoms with Crippen LogP contribution in [0.2, 0.25) is 0 Å². The summed E-state index contributed by atoms with van der Waals surface area (Å²) in [5.41, 5.74) is 6.64. The Bertz CT molecular complexity index is 511. The fourth-order valence-corrected chi connectivity index (χ4v) is 3.09. The first-order valence-corrected chi connectivity index (χ1v) is 6.62. The lowest BCUT2D eigenvalue weighted by Gasteiger charge is -2.50. The van der Waals surface area contributed by atoms with Gasteiger partial charge in [0.1, 0.15) is 5.82 Å². The number of anilines is 1. The van der Waals surface area contributed by atoms with Gasteiger partial charge in [-0.15, -0.1) is 0 Å². The number of nitrogens with zero attached hydrogens (tertiary/aromatic N) is 2. The van der Waals surface area contributed by atoms with Crippen molar-refractivity contribution in [1.29, 1.82) is 0 Å². The molecule has 1 fully saturated rings. The van der Waals surface area contributed by atoms with Crippen molar-refractivity contribution in [2.75, 3.05) is 18.1 Å². The van der Waals surface area contributed by atoms with Crippen LogP contribution in [0.25, 0.3) is 0 Å². The molecule has 0 saturated heterocycles. The van der Waals surface area contributed by atoms with E-state index in [2.05, 4.69) is 4.99 Å². The molecular weight excluding hydrogens is 245 g/mol. The van der Waals surface area contributed by atoms with Crippen LogP contribution in [0, 0.1) is 5.82 Å². The normalized spacial score (nSPS) is 29.5. The van der Waals surface area contributed by atoms with Crippen molar-refractivity contribution in [3.05, 3.63) is 30.1 Å². The minimum Gasteiger partial charge on any atom is -0.378 e. The molecule has 1 heterocycles. The predicted molar refractivity (Wildman–Crippen MR) is 72.7 cm³/mol. The van der Waals surface area contributed by atoms with Gasteiger partial charge in [0.05, 0.1) is 18.2 Å². The Morgan fingerprint density at radius 1 is 1.53 bits per heavy atom. The SMILES string of the molecule is CCOC1CC2(CN=C(N)N2c2cccc(F)c2)C1. The van der Waals surface area contributed by atoms with Gasteiger partial charge in [-0.05, 0) is 38.0 Å². The Hall–Kier alpha value is -1.62. The summed E-state index contributed by atoms with van der Waals surface area (Å²) in [6.45, 7) is 3.38. The van der Waals surface area contributed by atoms with Crippen LogP contribution in [0.1, 0.15) is 19.8 Å². The monoisotopic (exact) mass is 263 g/mol. The van der Waals surface area contributed by atoms with E-state index in [1.165, 1.54) is 12.1 Å². The molecule has 1 aliphatic carbocycles. The minimum atomic E-state index is -0.256. The van der Waals surface area contributed by atoms with Crippen LogP contribution in [0.3, 0.4) is 0 Å². The van der Waals surface area contributed by atoms with Crippen molar-refractivity contribution < 1.29 is 9.13 Å². The van der Waals surface area contributed by atoms with Gasteiger partial charge in [-0.3, -0.25) is 4.99 Å². The molecule has 0 aromatic heterocycles. The Kier molecular flexibility index (Phi) is 2.93. The zero-order valence-electron chi connectivity index (χ0n) is 11.0. The summed E-state index contributed by atoms with van der Waals surface area (Å²) in [6.07, 6.45) is 2.05. The van der Waals surface area contributed by atoms with Crippen LogP contribution >= 0.6 is 0 Å². The van der Waals surface area contributed by atoms with Crippen LogP contribution in [0.15, 0.2) is 29.3 Å². The summed E-state index contributed by atoms with van der Waals surface area (Å²) in [5, 5.41) is 0. The highest BCUT2D eigenvalue weighted by Gasteiger charge is 2.53. The summed E-state index contributed by atoms with van der Waals surface area (Å²) in [4.78, 5) is 6.30. The van der Waals surface area contributed by atoms with E-state index in [9.17, 15) is 4.39 Å². The molecule has 4 nitrogen and oxygen atoms in total. The van der Waals surface area contributed by atoms with Gasteiger partial charge in [0, 0.05) is 12.3 Å². The lowest BCUT2D eigenvalue weighted by molar-refractivity contribution is -0.0306. The predicted octanol–water partition coefficient (Wildman–Crippen LogP) is 1.90. The standard InChI is InChI=1S/C14H18FN3O/c1-2-19-12-7-14(8-12)9-17-13(16)18(14)11-5-3-4-10(15)6-11/h3-6,12H,2,7-9H2,1H3,(H2,16,17). The van der Waals surface area contributed by atoms with Gasteiger partial charge in [0.25, 0.3) is 0 Å². The first-order chi connectivity index (χ1) is 9.14. The third-order valence-corrected chi connectivity index (χ3v) is 3.92. The van der Waals surface area contributed by atoms with Crippen molar-refractivity contribution >= 4 is 11.6 Å². The maximum Gasteiger partial charge on any atom is 0.196 e. The summed E-state index contributed by atoms with van der Waals surface area (Å²) in [5.74, 6) is 0.216. The smallest absolute Gasteiger partial charge is 0.196 e. The molecule has 0 amide bonds. The Labute approximate surface area is 112 Å². The third kappa shape index (κ3) is 1.98. The van der Waals surface area contributed by atoms with Crippen molar-refractivity contribution in [3.63, 3.8) is 0 Å². The fraction of sp³-hybridized carbons (Fsp3) is 0.500. The third-order valence-electron chi connectivity index (χ3n) is 3.92. The number of hydrogen-bond acceptors (Lipinski definition) is 4. The van der Waals surface area contributed by atoms with Crippen molar-refractivity contribution in [2.45, 2.75) is 31.4 Å². The van der Waals surface area contributed by atoms with E-state index in [1.54, 1.807) is 6.07 Å². The van der Waals surface area contributed by atoms with Crippen LogP contribution in [0.4, 0.5) is 10.1 Å². The maximum atomic E-state index is 13.4. The Morgan fingerprint density at radius 2 is 2.32 bits per heavy atom. The quantitative estimate of drug-likeness (QED) is 0.906. The molecule has 0 bridgehead atoms. The highest BCUT2D eigenvalue weighted by atomic mass is 19.1. The van der Waals surface area contributed by atoms with Gasteiger partial charge in [0.2, 0.25) is 0 Å². The lowest BCUT2D eigenvalue weighted by atomic mass is 9.73. The molecule has 102 valence electrons. The molecule has 1 aromatic carbocycles. The molecule has 19 heavy (non-hydrogen) atoms. The second kappa shape index (κ2) is 4.49. The molecule has 1 aliphatic heterocycles. The molecular formula is C14H18FN3O. The van der Waals surface area contributed by atoms with E-state index in [-0.39, 0.29) is 17.5 Å². The maximum absolute atomic E-state index is 13.4.